The van der Waals surface area contributed by atoms with Crippen LogP contribution in [0.25, 0.3) is 0 Å². The minimum absolute atomic E-state index is 0.179. The number of aromatic amines is 1. The van der Waals surface area contributed by atoms with Gasteiger partial charge in [0.15, 0.2) is 5.82 Å². The van der Waals surface area contributed by atoms with E-state index in [1.807, 2.05) is 14.0 Å². The van der Waals surface area contributed by atoms with Crippen LogP contribution in [0.3, 0.4) is 0 Å². The Kier molecular flexibility index (Phi) is 7.15. The van der Waals surface area contributed by atoms with E-state index in [1.54, 1.807) is 4.90 Å². The van der Waals surface area contributed by atoms with Crippen LogP contribution in [0.4, 0.5) is 0 Å². The molecule has 108 valence electrons. The molecule has 1 aromatic rings. The van der Waals surface area contributed by atoms with Gasteiger partial charge < -0.3 is 4.90 Å². The number of aromatic nitrogens is 3. The van der Waals surface area contributed by atoms with Crippen molar-refractivity contribution in [1.82, 2.24) is 20.1 Å². The smallest absolute Gasteiger partial charge is 0.222 e. The average molecular weight is 266 g/mol. The second-order valence-corrected chi connectivity index (χ2v) is 5.10. The number of amides is 1. The molecular weight excluding hydrogens is 240 g/mol. The molecule has 0 saturated heterocycles. The Hall–Kier alpha value is -1.39. The molecule has 1 aromatic heterocycles. The molecule has 0 aliphatic carbocycles. The Bertz CT molecular complexity index is 375. The van der Waals surface area contributed by atoms with Crippen molar-refractivity contribution in [2.24, 2.45) is 0 Å². The Balaban J connectivity index is 2.14. The lowest BCUT2D eigenvalue weighted by Crippen LogP contribution is -2.26. The largest absolute Gasteiger partial charge is 0.338 e. The Morgan fingerprint density at radius 1 is 1.21 bits per heavy atom. The number of hydrogen-bond acceptors (Lipinski definition) is 3. The number of unbranched alkanes of at least 4 members (excludes halogenated alkanes) is 5. The standard InChI is InChI=1S/C14H26N4O/c1-4-5-6-7-8-9-10-14(19)18(3)11-13-15-12(2)16-17-13/h4-11H2,1-3H3,(H,15,16,17). The highest BCUT2D eigenvalue weighted by Crippen LogP contribution is 2.08. The molecule has 0 radical (unpaired) electrons. The first-order valence-electron chi connectivity index (χ1n) is 7.25. The summed E-state index contributed by atoms with van der Waals surface area (Å²) in [7, 11) is 1.81. The van der Waals surface area contributed by atoms with Gasteiger partial charge in [-0.3, -0.25) is 9.89 Å². The zero-order chi connectivity index (χ0) is 14.1. The van der Waals surface area contributed by atoms with E-state index in [4.69, 9.17) is 0 Å². The highest BCUT2D eigenvalue weighted by atomic mass is 16.2. The van der Waals surface area contributed by atoms with Crippen LogP contribution < -0.4 is 0 Å². The van der Waals surface area contributed by atoms with Crippen LogP contribution in [0.15, 0.2) is 0 Å². The molecule has 0 spiro atoms. The van der Waals surface area contributed by atoms with Gasteiger partial charge in [0.05, 0.1) is 6.54 Å². The van der Waals surface area contributed by atoms with E-state index < -0.39 is 0 Å². The third-order valence-electron chi connectivity index (χ3n) is 3.19. The second-order valence-electron chi connectivity index (χ2n) is 5.10. The fourth-order valence-electron chi connectivity index (χ4n) is 2.01. The normalized spacial score (nSPS) is 10.7. The van der Waals surface area contributed by atoms with Gasteiger partial charge >= 0.3 is 0 Å². The quantitative estimate of drug-likeness (QED) is 0.699. The number of carbonyl (C=O) groups excluding carboxylic acids is 1. The number of nitrogens with zero attached hydrogens (tertiary/aromatic N) is 3. The molecule has 0 saturated carbocycles. The van der Waals surface area contributed by atoms with Crippen LogP contribution in [0, 0.1) is 6.92 Å². The number of aryl methyl sites for hydroxylation is 1. The second kappa shape index (κ2) is 8.67. The Morgan fingerprint density at radius 2 is 1.89 bits per heavy atom. The molecule has 0 fully saturated rings. The van der Waals surface area contributed by atoms with Crippen LogP contribution in [-0.4, -0.2) is 33.0 Å². The number of nitrogens with one attached hydrogen (secondary N) is 1. The minimum Gasteiger partial charge on any atom is -0.338 e. The fourth-order valence-corrected chi connectivity index (χ4v) is 2.01. The van der Waals surface area contributed by atoms with Crippen molar-refractivity contribution in [2.75, 3.05) is 7.05 Å². The summed E-state index contributed by atoms with van der Waals surface area (Å²) in [5.74, 6) is 1.64. The maximum Gasteiger partial charge on any atom is 0.222 e. The summed E-state index contributed by atoms with van der Waals surface area (Å²) >= 11 is 0. The van der Waals surface area contributed by atoms with Gasteiger partial charge in [0.1, 0.15) is 5.82 Å². The molecule has 1 heterocycles. The summed E-state index contributed by atoms with van der Waals surface area (Å²) in [6, 6.07) is 0. The first-order valence-corrected chi connectivity index (χ1v) is 7.25. The van der Waals surface area contributed by atoms with E-state index in [0.717, 1.165) is 18.7 Å². The predicted octanol–water partition coefficient (Wildman–Crippen LogP) is 2.82. The maximum atomic E-state index is 11.9. The van der Waals surface area contributed by atoms with Crippen LogP contribution in [0.1, 0.15) is 63.5 Å². The van der Waals surface area contributed by atoms with E-state index in [2.05, 4.69) is 22.1 Å². The zero-order valence-corrected chi connectivity index (χ0v) is 12.4. The lowest BCUT2D eigenvalue weighted by atomic mass is 10.1. The molecule has 1 amide bonds. The summed E-state index contributed by atoms with van der Waals surface area (Å²) in [5.41, 5.74) is 0. The molecule has 0 aliphatic rings. The zero-order valence-electron chi connectivity index (χ0n) is 12.4. The lowest BCUT2D eigenvalue weighted by Gasteiger charge is -2.14. The molecule has 0 bridgehead atoms. The molecule has 5 nitrogen and oxygen atoms in total. The first kappa shape index (κ1) is 15.7. The molecule has 1 rings (SSSR count). The van der Waals surface area contributed by atoms with Crippen molar-refractivity contribution in [3.05, 3.63) is 11.6 Å². The van der Waals surface area contributed by atoms with Crippen LogP contribution in [0.5, 0.6) is 0 Å². The molecule has 0 atom stereocenters. The Labute approximate surface area is 115 Å². The van der Waals surface area contributed by atoms with Crippen molar-refractivity contribution >= 4 is 5.91 Å². The van der Waals surface area contributed by atoms with Crippen LogP contribution in [-0.2, 0) is 11.3 Å². The van der Waals surface area contributed by atoms with E-state index >= 15 is 0 Å². The van der Waals surface area contributed by atoms with Crippen LogP contribution in [0.2, 0.25) is 0 Å². The molecule has 0 aromatic carbocycles. The highest BCUT2D eigenvalue weighted by Gasteiger charge is 2.11. The van der Waals surface area contributed by atoms with Crippen molar-refractivity contribution < 1.29 is 4.79 Å². The van der Waals surface area contributed by atoms with Gasteiger partial charge in [-0.25, -0.2) is 4.98 Å². The minimum atomic E-state index is 0.179. The number of rotatable bonds is 9. The lowest BCUT2D eigenvalue weighted by molar-refractivity contribution is -0.130. The van der Waals surface area contributed by atoms with Crippen LogP contribution >= 0.6 is 0 Å². The van der Waals surface area contributed by atoms with E-state index in [0.29, 0.717) is 18.8 Å². The summed E-state index contributed by atoms with van der Waals surface area (Å²) in [4.78, 5) is 17.8. The van der Waals surface area contributed by atoms with Gasteiger partial charge in [0.25, 0.3) is 0 Å². The van der Waals surface area contributed by atoms with Crippen molar-refractivity contribution in [3.8, 4) is 0 Å². The predicted molar refractivity (Wildman–Crippen MR) is 75.6 cm³/mol. The highest BCUT2D eigenvalue weighted by molar-refractivity contribution is 5.75. The molecule has 0 aliphatic heterocycles. The molecule has 0 unspecified atom stereocenters. The maximum absolute atomic E-state index is 11.9. The number of hydrogen-bond donors (Lipinski definition) is 1. The molecular formula is C14H26N4O. The third kappa shape index (κ3) is 6.36. The molecule has 1 N–H and O–H groups in total. The van der Waals surface area contributed by atoms with Gasteiger partial charge in [0.2, 0.25) is 5.91 Å². The van der Waals surface area contributed by atoms with Crippen molar-refractivity contribution in [2.45, 2.75) is 65.3 Å². The topological polar surface area (TPSA) is 61.9 Å². The third-order valence-corrected chi connectivity index (χ3v) is 3.19. The van der Waals surface area contributed by atoms with E-state index in [1.165, 1.54) is 25.7 Å². The number of carbonyl (C=O) groups is 1. The summed E-state index contributed by atoms with van der Waals surface area (Å²) in [5, 5.41) is 6.82. The SMILES string of the molecule is CCCCCCCCC(=O)N(C)Cc1n[nH]c(C)n1. The van der Waals surface area contributed by atoms with E-state index in [9.17, 15) is 4.79 Å². The van der Waals surface area contributed by atoms with E-state index in [-0.39, 0.29) is 5.91 Å². The van der Waals surface area contributed by atoms with Gasteiger partial charge in [-0.05, 0) is 13.3 Å². The molecule has 5 heteroatoms. The summed E-state index contributed by atoms with van der Waals surface area (Å²) < 4.78 is 0. The van der Waals surface area contributed by atoms with Gasteiger partial charge in [0, 0.05) is 13.5 Å². The summed E-state index contributed by atoms with van der Waals surface area (Å²) in [6.45, 7) is 4.55. The first-order chi connectivity index (χ1) is 9.13. The summed E-state index contributed by atoms with van der Waals surface area (Å²) in [6.07, 6.45) is 7.86. The van der Waals surface area contributed by atoms with Gasteiger partial charge in [-0.15, -0.1) is 0 Å². The van der Waals surface area contributed by atoms with Gasteiger partial charge in [-0.2, -0.15) is 5.10 Å². The molecule has 19 heavy (non-hydrogen) atoms. The van der Waals surface area contributed by atoms with Crippen molar-refractivity contribution in [1.29, 1.82) is 0 Å². The fraction of sp³-hybridized carbons (Fsp3) is 0.786. The van der Waals surface area contributed by atoms with Crippen molar-refractivity contribution in [3.63, 3.8) is 0 Å². The Morgan fingerprint density at radius 3 is 2.53 bits per heavy atom. The monoisotopic (exact) mass is 266 g/mol. The number of H-pyrrole nitrogens is 1. The average Bonchev–Trinajstić information content (AvgIpc) is 2.78. The van der Waals surface area contributed by atoms with Gasteiger partial charge in [-0.1, -0.05) is 39.0 Å².